The number of hydrogen-bond donors (Lipinski definition) is 1. The summed E-state index contributed by atoms with van der Waals surface area (Å²) in [6.07, 6.45) is 3.91. The van der Waals surface area contributed by atoms with Gasteiger partial charge in [0.1, 0.15) is 5.82 Å². The molecule has 0 unspecified atom stereocenters. The van der Waals surface area contributed by atoms with Crippen molar-refractivity contribution in [3.63, 3.8) is 0 Å². The van der Waals surface area contributed by atoms with Gasteiger partial charge >= 0.3 is 0 Å². The third-order valence-electron chi connectivity index (χ3n) is 3.63. The molecule has 3 heterocycles. The van der Waals surface area contributed by atoms with Gasteiger partial charge in [-0.1, -0.05) is 36.4 Å². The van der Waals surface area contributed by atoms with Crippen molar-refractivity contribution in [2.24, 2.45) is 0 Å². The van der Waals surface area contributed by atoms with Crippen LogP contribution in [0.3, 0.4) is 0 Å². The van der Waals surface area contributed by atoms with Gasteiger partial charge in [0.15, 0.2) is 4.96 Å². The summed E-state index contributed by atoms with van der Waals surface area (Å²) in [5, 5.41) is 4.77. The zero-order valence-electron chi connectivity index (χ0n) is 12.7. The average molecular weight is 334 g/mol. The summed E-state index contributed by atoms with van der Waals surface area (Å²) < 4.78 is 1.98. The van der Waals surface area contributed by atoms with Crippen LogP contribution in [0, 0.1) is 0 Å². The zero-order valence-corrected chi connectivity index (χ0v) is 13.5. The van der Waals surface area contributed by atoms with Crippen LogP contribution in [-0.2, 0) is 11.2 Å². The Morgan fingerprint density at radius 3 is 2.75 bits per heavy atom. The first-order valence-electron chi connectivity index (χ1n) is 7.51. The summed E-state index contributed by atoms with van der Waals surface area (Å²) in [6.45, 7) is 0. The first-order chi connectivity index (χ1) is 11.8. The molecule has 0 atom stereocenters. The highest BCUT2D eigenvalue weighted by Crippen LogP contribution is 2.23. The van der Waals surface area contributed by atoms with E-state index < -0.39 is 0 Å². The Balaban J connectivity index is 1.56. The monoisotopic (exact) mass is 334 g/mol. The quantitative estimate of drug-likeness (QED) is 0.620. The van der Waals surface area contributed by atoms with Gasteiger partial charge in [-0.25, -0.2) is 9.97 Å². The number of rotatable bonds is 4. The number of nitrogens with zero attached hydrogens (tertiary/aromatic N) is 3. The maximum Gasteiger partial charge on any atom is 0.231 e. The van der Waals surface area contributed by atoms with Crippen LogP contribution >= 0.6 is 11.3 Å². The summed E-state index contributed by atoms with van der Waals surface area (Å²) >= 11 is 1.53. The van der Waals surface area contributed by atoms with Gasteiger partial charge < -0.3 is 5.32 Å². The minimum atomic E-state index is -0.0941. The van der Waals surface area contributed by atoms with Gasteiger partial charge in [-0.15, -0.1) is 11.3 Å². The molecule has 0 radical (unpaired) electrons. The topological polar surface area (TPSA) is 59.3 Å². The summed E-state index contributed by atoms with van der Waals surface area (Å²) in [5.74, 6) is 0.466. The number of benzene rings is 1. The molecular formula is C18H14N4OS. The van der Waals surface area contributed by atoms with E-state index in [1.807, 2.05) is 58.4 Å². The van der Waals surface area contributed by atoms with E-state index in [9.17, 15) is 4.79 Å². The lowest BCUT2D eigenvalue weighted by Crippen LogP contribution is -2.15. The molecule has 0 bridgehead atoms. The highest BCUT2D eigenvalue weighted by atomic mass is 32.1. The number of amides is 1. The lowest BCUT2D eigenvalue weighted by atomic mass is 10.2. The predicted molar refractivity (Wildman–Crippen MR) is 95.1 cm³/mol. The third-order valence-corrected chi connectivity index (χ3v) is 4.52. The molecule has 24 heavy (non-hydrogen) atoms. The van der Waals surface area contributed by atoms with Crippen molar-refractivity contribution in [3.05, 3.63) is 72.0 Å². The van der Waals surface area contributed by atoms with Crippen LogP contribution in [0.4, 0.5) is 5.82 Å². The van der Waals surface area contributed by atoms with Crippen molar-refractivity contribution in [1.82, 2.24) is 14.4 Å². The Morgan fingerprint density at radius 1 is 1.12 bits per heavy atom. The Bertz CT molecular complexity index is 976. The summed E-state index contributed by atoms with van der Waals surface area (Å²) in [5.41, 5.74) is 2.89. The van der Waals surface area contributed by atoms with E-state index >= 15 is 0 Å². The molecular weight excluding hydrogens is 320 g/mol. The molecule has 5 nitrogen and oxygen atoms in total. The summed E-state index contributed by atoms with van der Waals surface area (Å²) in [4.78, 5) is 21.8. The van der Waals surface area contributed by atoms with E-state index in [0.717, 1.165) is 21.9 Å². The molecule has 118 valence electrons. The first-order valence-corrected chi connectivity index (χ1v) is 8.39. The number of imidazole rings is 1. The van der Waals surface area contributed by atoms with E-state index in [-0.39, 0.29) is 12.3 Å². The number of hydrogen-bond acceptors (Lipinski definition) is 4. The summed E-state index contributed by atoms with van der Waals surface area (Å²) in [7, 11) is 0. The first kappa shape index (κ1) is 14.6. The van der Waals surface area contributed by atoms with Crippen molar-refractivity contribution in [1.29, 1.82) is 0 Å². The van der Waals surface area contributed by atoms with Crippen molar-refractivity contribution in [3.8, 4) is 11.3 Å². The minimum absolute atomic E-state index is 0.0941. The second-order valence-corrected chi connectivity index (χ2v) is 6.15. The molecule has 1 amide bonds. The van der Waals surface area contributed by atoms with Crippen LogP contribution in [0.1, 0.15) is 5.69 Å². The number of thiazole rings is 1. The van der Waals surface area contributed by atoms with Crippen LogP contribution < -0.4 is 5.32 Å². The Kier molecular flexibility index (Phi) is 3.80. The molecule has 6 heteroatoms. The number of nitrogens with one attached hydrogen (secondary N) is 1. The maximum absolute atomic E-state index is 12.2. The van der Waals surface area contributed by atoms with Gasteiger partial charge in [0.2, 0.25) is 5.91 Å². The molecule has 0 aliphatic carbocycles. The predicted octanol–water partition coefficient (Wildman–Crippen LogP) is 3.64. The highest BCUT2D eigenvalue weighted by Gasteiger charge is 2.12. The van der Waals surface area contributed by atoms with Crippen LogP contribution in [0.25, 0.3) is 16.2 Å². The van der Waals surface area contributed by atoms with Crippen molar-refractivity contribution in [2.75, 3.05) is 5.32 Å². The molecule has 3 aromatic heterocycles. The standard InChI is InChI=1S/C18H14N4OS/c23-17(21-16-8-4-5-9-19-16)10-14-12-24-18-20-15(11-22(14)18)13-6-2-1-3-7-13/h1-9,11-12H,10H2,(H,19,21,23). The van der Waals surface area contributed by atoms with E-state index in [1.54, 1.807) is 12.3 Å². The zero-order chi connectivity index (χ0) is 16.4. The number of fused-ring (bicyclic) bond motifs is 1. The molecule has 1 aromatic carbocycles. The molecule has 0 spiro atoms. The number of aromatic nitrogens is 3. The molecule has 0 aliphatic rings. The molecule has 4 rings (SSSR count). The van der Waals surface area contributed by atoms with E-state index in [2.05, 4.69) is 15.3 Å². The maximum atomic E-state index is 12.2. The summed E-state index contributed by atoms with van der Waals surface area (Å²) in [6, 6.07) is 15.4. The fraction of sp³-hybridized carbons (Fsp3) is 0.0556. The minimum Gasteiger partial charge on any atom is -0.310 e. The van der Waals surface area contributed by atoms with Crippen LogP contribution in [-0.4, -0.2) is 20.3 Å². The van der Waals surface area contributed by atoms with Crippen LogP contribution in [0.2, 0.25) is 0 Å². The third kappa shape index (κ3) is 2.91. The fourth-order valence-electron chi connectivity index (χ4n) is 2.49. The van der Waals surface area contributed by atoms with Crippen LogP contribution in [0.15, 0.2) is 66.3 Å². The number of anilines is 1. The molecule has 0 saturated heterocycles. The van der Waals surface area contributed by atoms with Gasteiger partial charge in [0.05, 0.1) is 12.1 Å². The molecule has 1 N–H and O–H groups in total. The molecule has 0 aliphatic heterocycles. The Labute approximate surface area is 142 Å². The van der Waals surface area contributed by atoms with E-state index in [0.29, 0.717) is 5.82 Å². The fourth-order valence-corrected chi connectivity index (χ4v) is 3.37. The van der Waals surface area contributed by atoms with Gasteiger partial charge in [0, 0.05) is 29.0 Å². The van der Waals surface area contributed by atoms with Gasteiger partial charge in [0.25, 0.3) is 0 Å². The van der Waals surface area contributed by atoms with Gasteiger partial charge in [-0.05, 0) is 12.1 Å². The van der Waals surface area contributed by atoms with Crippen molar-refractivity contribution in [2.45, 2.75) is 6.42 Å². The highest BCUT2D eigenvalue weighted by molar-refractivity contribution is 7.15. The van der Waals surface area contributed by atoms with Crippen molar-refractivity contribution >= 4 is 28.0 Å². The van der Waals surface area contributed by atoms with Gasteiger partial charge in [-0.3, -0.25) is 9.20 Å². The second-order valence-electron chi connectivity index (χ2n) is 5.31. The molecule has 0 saturated carbocycles. The Hall–Kier alpha value is -2.99. The van der Waals surface area contributed by atoms with E-state index in [4.69, 9.17) is 0 Å². The lowest BCUT2D eigenvalue weighted by molar-refractivity contribution is -0.115. The van der Waals surface area contributed by atoms with E-state index in [1.165, 1.54) is 11.3 Å². The smallest absolute Gasteiger partial charge is 0.231 e. The molecule has 0 fully saturated rings. The second kappa shape index (κ2) is 6.25. The average Bonchev–Trinajstić information content (AvgIpc) is 3.19. The van der Waals surface area contributed by atoms with Crippen LogP contribution in [0.5, 0.6) is 0 Å². The number of carbonyl (C=O) groups excluding carboxylic acids is 1. The number of pyridine rings is 1. The molecule has 4 aromatic rings. The Morgan fingerprint density at radius 2 is 1.96 bits per heavy atom. The lowest BCUT2D eigenvalue weighted by Gasteiger charge is -2.03. The normalized spacial score (nSPS) is 10.8. The largest absolute Gasteiger partial charge is 0.310 e. The van der Waals surface area contributed by atoms with Gasteiger partial charge in [-0.2, -0.15) is 0 Å². The van der Waals surface area contributed by atoms with Crippen molar-refractivity contribution < 1.29 is 4.79 Å². The SMILES string of the molecule is O=C(Cc1csc2nc(-c3ccccc3)cn12)Nc1ccccn1. The number of carbonyl (C=O) groups is 1.